The molecule has 2 N–H and O–H groups in total. The molecule has 0 aliphatic rings. The maximum Gasteiger partial charge on any atom is 0.335 e. The van der Waals surface area contributed by atoms with Gasteiger partial charge in [0.2, 0.25) is 0 Å². The van der Waals surface area contributed by atoms with Crippen LogP contribution in [0.5, 0.6) is 0 Å². The number of carboxylic acids is 1. The Morgan fingerprint density at radius 2 is 2.00 bits per heavy atom. The fraction of sp³-hybridized carbons (Fsp3) is 0. The highest BCUT2D eigenvalue weighted by atomic mass is 127. The van der Waals surface area contributed by atoms with Crippen LogP contribution < -0.4 is 5.69 Å². The second-order valence-corrected chi connectivity index (χ2v) is 5.56. The predicted octanol–water partition coefficient (Wildman–Crippen LogP) is 2.76. The monoisotopic (exact) mass is 398 g/mol. The van der Waals surface area contributed by atoms with Crippen LogP contribution in [-0.4, -0.2) is 20.6 Å². The van der Waals surface area contributed by atoms with E-state index in [1.165, 1.54) is 34.9 Å². The number of hydrogen-bond acceptors (Lipinski definition) is 2. The number of benzene rings is 2. The van der Waals surface area contributed by atoms with E-state index in [-0.39, 0.29) is 11.4 Å². The molecule has 0 unspecified atom stereocenters. The van der Waals surface area contributed by atoms with E-state index >= 15 is 0 Å². The smallest absolute Gasteiger partial charge is 0.335 e. The lowest BCUT2D eigenvalue weighted by atomic mass is 10.2. The van der Waals surface area contributed by atoms with Crippen molar-refractivity contribution in [2.75, 3.05) is 0 Å². The van der Waals surface area contributed by atoms with E-state index < -0.39 is 11.7 Å². The van der Waals surface area contributed by atoms with Crippen LogP contribution in [0.3, 0.4) is 0 Å². The van der Waals surface area contributed by atoms with E-state index in [1.54, 1.807) is 6.07 Å². The molecule has 1 heterocycles. The van der Waals surface area contributed by atoms with Gasteiger partial charge in [0.05, 0.1) is 22.3 Å². The third kappa shape index (κ3) is 2.33. The lowest BCUT2D eigenvalue weighted by Crippen LogP contribution is -2.15. The molecule has 21 heavy (non-hydrogen) atoms. The van der Waals surface area contributed by atoms with Gasteiger partial charge in [0.25, 0.3) is 0 Å². The third-order valence-electron chi connectivity index (χ3n) is 3.08. The second kappa shape index (κ2) is 4.99. The molecule has 0 saturated carbocycles. The molecule has 0 bridgehead atoms. The van der Waals surface area contributed by atoms with Gasteiger partial charge in [-0.05, 0) is 59.0 Å². The highest BCUT2D eigenvalue weighted by Crippen LogP contribution is 2.22. The van der Waals surface area contributed by atoms with Crippen LogP contribution in [-0.2, 0) is 0 Å². The van der Waals surface area contributed by atoms with E-state index in [2.05, 4.69) is 4.98 Å². The summed E-state index contributed by atoms with van der Waals surface area (Å²) in [5.74, 6) is -1.45. The predicted molar refractivity (Wildman–Crippen MR) is 83.5 cm³/mol. The Morgan fingerprint density at radius 1 is 1.24 bits per heavy atom. The first kappa shape index (κ1) is 13.8. The van der Waals surface area contributed by atoms with Crippen LogP contribution in [0, 0.1) is 9.39 Å². The minimum atomic E-state index is -1.07. The summed E-state index contributed by atoms with van der Waals surface area (Å²) in [5, 5.41) is 8.97. The van der Waals surface area contributed by atoms with Crippen LogP contribution >= 0.6 is 22.6 Å². The number of hydrogen-bond donors (Lipinski definition) is 2. The van der Waals surface area contributed by atoms with Gasteiger partial charge in [0.15, 0.2) is 0 Å². The Morgan fingerprint density at radius 3 is 2.67 bits per heavy atom. The highest BCUT2D eigenvalue weighted by Gasteiger charge is 2.13. The van der Waals surface area contributed by atoms with E-state index in [9.17, 15) is 14.0 Å². The van der Waals surface area contributed by atoms with Crippen LogP contribution in [0.1, 0.15) is 10.4 Å². The van der Waals surface area contributed by atoms with Gasteiger partial charge in [0.1, 0.15) is 5.82 Å². The molecule has 0 spiro atoms. The fourth-order valence-electron chi connectivity index (χ4n) is 2.15. The number of fused-ring (bicyclic) bond motifs is 1. The SMILES string of the molecule is O=C(O)c1ccc2c(c1)[nH]c(=O)n2-c1ccc(F)cc1I. The quantitative estimate of drug-likeness (QED) is 0.652. The molecule has 0 amide bonds. The van der Waals surface area contributed by atoms with Crippen LogP contribution in [0.2, 0.25) is 0 Å². The van der Waals surface area contributed by atoms with E-state index in [1.807, 2.05) is 22.6 Å². The number of aromatic nitrogens is 2. The molecule has 106 valence electrons. The van der Waals surface area contributed by atoms with Crippen molar-refractivity contribution < 1.29 is 14.3 Å². The van der Waals surface area contributed by atoms with E-state index in [0.29, 0.717) is 20.3 Å². The first-order valence-electron chi connectivity index (χ1n) is 5.91. The number of aromatic carboxylic acids is 1. The molecule has 7 heteroatoms. The summed E-state index contributed by atoms with van der Waals surface area (Å²) in [6.07, 6.45) is 0. The van der Waals surface area contributed by atoms with Gasteiger partial charge in [-0.15, -0.1) is 0 Å². The number of carboxylic acid groups (broad SMARTS) is 1. The number of H-pyrrole nitrogens is 1. The topological polar surface area (TPSA) is 75.1 Å². The first-order valence-corrected chi connectivity index (χ1v) is 6.99. The van der Waals surface area contributed by atoms with Gasteiger partial charge in [-0.1, -0.05) is 0 Å². The van der Waals surface area contributed by atoms with Crippen LogP contribution in [0.4, 0.5) is 4.39 Å². The molecule has 0 fully saturated rings. The maximum atomic E-state index is 13.2. The lowest BCUT2D eigenvalue weighted by molar-refractivity contribution is 0.0697. The molecule has 3 rings (SSSR count). The number of nitrogens with one attached hydrogen (secondary N) is 1. The van der Waals surface area contributed by atoms with Crippen LogP contribution in [0.15, 0.2) is 41.2 Å². The highest BCUT2D eigenvalue weighted by molar-refractivity contribution is 14.1. The molecule has 2 aromatic carbocycles. The van der Waals surface area contributed by atoms with Gasteiger partial charge >= 0.3 is 11.7 Å². The molecule has 0 atom stereocenters. The standard InChI is InChI=1S/C14H8FIN2O3/c15-8-2-4-11(9(16)6-8)18-12-3-1-7(13(19)20)5-10(12)17-14(18)21/h1-6H,(H,17,21)(H,19,20). The minimum Gasteiger partial charge on any atom is -0.478 e. The lowest BCUT2D eigenvalue weighted by Gasteiger charge is -2.06. The summed E-state index contributed by atoms with van der Waals surface area (Å²) in [6, 6.07) is 8.48. The average Bonchev–Trinajstić information content (AvgIpc) is 2.74. The molecule has 1 aromatic heterocycles. The summed E-state index contributed by atoms with van der Waals surface area (Å²) in [4.78, 5) is 25.7. The Labute approximate surface area is 131 Å². The van der Waals surface area contributed by atoms with Gasteiger partial charge in [-0.3, -0.25) is 4.57 Å². The molecule has 0 saturated heterocycles. The summed E-state index contributed by atoms with van der Waals surface area (Å²) in [7, 11) is 0. The summed E-state index contributed by atoms with van der Waals surface area (Å²) in [5.41, 5.74) is 1.17. The summed E-state index contributed by atoms with van der Waals surface area (Å²) < 4.78 is 15.2. The van der Waals surface area contributed by atoms with Crippen molar-refractivity contribution in [3.8, 4) is 5.69 Å². The molecular formula is C14H8FIN2O3. The first-order chi connectivity index (χ1) is 9.97. The molecule has 3 aromatic rings. The molecule has 5 nitrogen and oxygen atoms in total. The van der Waals surface area contributed by atoms with E-state index in [0.717, 1.165) is 0 Å². The van der Waals surface area contributed by atoms with Gasteiger partial charge in [-0.2, -0.15) is 0 Å². The van der Waals surface area contributed by atoms with Crippen molar-refractivity contribution in [3.63, 3.8) is 0 Å². The Balaban J connectivity index is 2.30. The zero-order valence-corrected chi connectivity index (χ0v) is 12.6. The second-order valence-electron chi connectivity index (χ2n) is 4.40. The average molecular weight is 398 g/mol. The Bertz CT molecular complexity index is 930. The van der Waals surface area contributed by atoms with Crippen molar-refractivity contribution in [1.29, 1.82) is 0 Å². The normalized spacial score (nSPS) is 11.0. The molecular weight excluding hydrogens is 390 g/mol. The summed E-state index contributed by atoms with van der Waals surface area (Å²) in [6.45, 7) is 0. The van der Waals surface area contributed by atoms with Gasteiger partial charge < -0.3 is 10.1 Å². The zero-order valence-electron chi connectivity index (χ0n) is 10.4. The number of nitrogens with zero attached hydrogens (tertiary/aromatic N) is 1. The third-order valence-corrected chi connectivity index (χ3v) is 3.94. The van der Waals surface area contributed by atoms with E-state index in [4.69, 9.17) is 5.11 Å². The largest absolute Gasteiger partial charge is 0.478 e. The molecule has 0 aliphatic carbocycles. The number of imidazole rings is 1. The number of carbonyl (C=O) groups is 1. The summed E-state index contributed by atoms with van der Waals surface area (Å²) >= 11 is 1.95. The maximum absolute atomic E-state index is 13.2. The van der Waals surface area contributed by atoms with Crippen molar-refractivity contribution >= 4 is 39.6 Å². The minimum absolute atomic E-state index is 0.0877. The Kier molecular flexibility index (Phi) is 3.28. The van der Waals surface area contributed by atoms with Crippen molar-refractivity contribution in [1.82, 2.24) is 9.55 Å². The number of aromatic amines is 1. The number of rotatable bonds is 2. The van der Waals surface area contributed by atoms with Gasteiger partial charge in [0, 0.05) is 3.57 Å². The van der Waals surface area contributed by atoms with Crippen molar-refractivity contribution in [3.05, 3.63) is 61.8 Å². The molecule has 0 aliphatic heterocycles. The van der Waals surface area contributed by atoms with Gasteiger partial charge in [-0.25, -0.2) is 14.0 Å². The zero-order chi connectivity index (χ0) is 15.1. The number of halogens is 2. The fourth-order valence-corrected chi connectivity index (χ4v) is 2.86. The van der Waals surface area contributed by atoms with Crippen molar-refractivity contribution in [2.24, 2.45) is 0 Å². The van der Waals surface area contributed by atoms with Crippen molar-refractivity contribution in [2.45, 2.75) is 0 Å². The molecule has 0 radical (unpaired) electrons. The Hall–Kier alpha value is -2.16. The van der Waals surface area contributed by atoms with Crippen LogP contribution in [0.25, 0.3) is 16.7 Å².